The Hall–Kier alpha value is -3.31. The Balaban J connectivity index is 0.00000242. The second-order valence-corrected chi connectivity index (χ2v) is 10.4. The molecule has 1 fully saturated rings. The first-order valence-electron chi connectivity index (χ1n) is 12.7. The number of nitrogens with one attached hydrogen (secondary N) is 1. The highest BCUT2D eigenvalue weighted by atomic mass is 35.5. The number of halogens is 4. The Kier molecular flexibility index (Phi) is 11.6. The number of aromatic nitrogens is 1. The number of nitrogen functional groups attached to an aromatic ring is 1. The van der Waals surface area contributed by atoms with Crippen LogP contribution in [-0.2, 0) is 16.1 Å². The number of piperazine rings is 1. The van der Waals surface area contributed by atoms with Gasteiger partial charge >= 0.3 is 0 Å². The highest BCUT2D eigenvalue weighted by Crippen LogP contribution is 2.34. The molecule has 13 heteroatoms. The summed E-state index contributed by atoms with van der Waals surface area (Å²) in [6.45, 7) is 1.64. The van der Waals surface area contributed by atoms with Crippen LogP contribution in [-0.4, -0.2) is 58.8 Å². The minimum Gasteiger partial charge on any atom is -0.439 e. The van der Waals surface area contributed by atoms with Crippen LogP contribution >= 0.6 is 48.0 Å². The van der Waals surface area contributed by atoms with Crippen LogP contribution in [0.3, 0.4) is 0 Å². The molecule has 1 aliphatic rings. The number of hydrogen-bond donors (Lipinski definition) is 3. The number of primary amides is 1. The summed E-state index contributed by atoms with van der Waals surface area (Å²) in [4.78, 5) is 33.8. The fourth-order valence-electron chi connectivity index (χ4n) is 4.76. The number of carbonyl (C=O) groups is 2. The molecule has 222 valence electrons. The Morgan fingerprint density at radius 2 is 1.55 bits per heavy atom. The summed E-state index contributed by atoms with van der Waals surface area (Å²) >= 11 is 12.4. The van der Waals surface area contributed by atoms with E-state index in [4.69, 9.17) is 44.1 Å². The lowest BCUT2D eigenvalue weighted by Crippen LogP contribution is -2.59. The van der Waals surface area contributed by atoms with E-state index in [9.17, 15) is 9.59 Å². The van der Waals surface area contributed by atoms with Crippen LogP contribution in [0.4, 0.5) is 11.4 Å². The minimum atomic E-state index is -0.686. The van der Waals surface area contributed by atoms with Crippen molar-refractivity contribution in [1.29, 1.82) is 0 Å². The van der Waals surface area contributed by atoms with E-state index in [1.54, 1.807) is 4.90 Å². The molecule has 1 saturated heterocycles. The van der Waals surface area contributed by atoms with E-state index in [0.717, 1.165) is 16.8 Å². The van der Waals surface area contributed by atoms with Crippen molar-refractivity contribution in [2.24, 2.45) is 5.73 Å². The van der Waals surface area contributed by atoms with Gasteiger partial charge in [-0.15, -0.1) is 24.8 Å². The van der Waals surface area contributed by atoms with Gasteiger partial charge in [0.15, 0.2) is 5.76 Å². The van der Waals surface area contributed by atoms with Gasteiger partial charge in [0.2, 0.25) is 17.7 Å². The summed E-state index contributed by atoms with van der Waals surface area (Å²) in [7, 11) is 0. The number of rotatable bonds is 8. The van der Waals surface area contributed by atoms with Crippen LogP contribution in [0.25, 0.3) is 22.6 Å². The molecular weight excluding hydrogens is 622 g/mol. The van der Waals surface area contributed by atoms with Crippen LogP contribution in [0.15, 0.2) is 77.2 Å². The summed E-state index contributed by atoms with van der Waals surface area (Å²) in [6.07, 6.45) is 0. The van der Waals surface area contributed by atoms with Crippen LogP contribution in [0.1, 0.15) is 5.89 Å². The number of amides is 2. The monoisotopic (exact) mass is 650 g/mol. The van der Waals surface area contributed by atoms with E-state index in [-0.39, 0.29) is 53.0 Å². The molecule has 42 heavy (non-hydrogen) atoms. The zero-order chi connectivity index (χ0) is 28.2. The first-order chi connectivity index (χ1) is 19.3. The fraction of sp³-hybridized carbons (Fsp3) is 0.207. The average Bonchev–Trinajstić information content (AvgIpc) is 3.36. The van der Waals surface area contributed by atoms with E-state index >= 15 is 0 Å². The summed E-state index contributed by atoms with van der Waals surface area (Å²) in [6, 6.07) is 22.0. The smallest absolute Gasteiger partial charge is 0.238 e. The van der Waals surface area contributed by atoms with Crippen LogP contribution in [0.5, 0.6) is 0 Å². The molecule has 0 radical (unpaired) electrons. The number of oxazole rings is 1. The van der Waals surface area contributed by atoms with E-state index in [0.29, 0.717) is 43.5 Å². The summed E-state index contributed by atoms with van der Waals surface area (Å²) in [5.41, 5.74) is 14.8. The highest BCUT2D eigenvalue weighted by molar-refractivity contribution is 6.40. The molecule has 0 bridgehead atoms. The number of nitrogens with zero attached hydrogens (tertiary/aromatic N) is 3. The minimum absolute atomic E-state index is 0. The fourth-order valence-corrected chi connectivity index (χ4v) is 5.35. The molecule has 0 saturated carbocycles. The maximum Gasteiger partial charge on any atom is 0.238 e. The summed E-state index contributed by atoms with van der Waals surface area (Å²) < 4.78 is 6.26. The van der Waals surface area contributed by atoms with Crippen LogP contribution in [0, 0.1) is 0 Å². The van der Waals surface area contributed by atoms with Gasteiger partial charge in [0.1, 0.15) is 11.7 Å². The third-order valence-electron chi connectivity index (χ3n) is 6.69. The molecule has 0 unspecified atom stereocenters. The van der Waals surface area contributed by atoms with Crippen LogP contribution in [0.2, 0.25) is 10.0 Å². The molecule has 2 amide bonds. The normalized spacial score (nSPS) is 15.3. The third-order valence-corrected chi connectivity index (χ3v) is 7.29. The largest absolute Gasteiger partial charge is 0.439 e. The topological polar surface area (TPSA) is 131 Å². The Bertz CT molecular complexity index is 1440. The Morgan fingerprint density at radius 1 is 0.952 bits per heavy atom. The van der Waals surface area contributed by atoms with Crippen molar-refractivity contribution < 1.29 is 14.0 Å². The standard InChI is InChI=1S/C29H28Cl2N6O3.2ClH/c30-21-13-20(32)14-22(31)27(21)34-24(38)16-37-12-11-36(15-23(37)29(33)39)17-25-35-26(18-7-3-1-4-8-18)28(40-25)19-9-5-2-6-10-19;;/h1-10,13-14,23H,11-12,15-17,32H2,(H2,33,39)(H,34,38);2*1H/t23-;;/m0../s1. The zero-order valence-electron chi connectivity index (χ0n) is 22.3. The molecule has 3 aromatic carbocycles. The Labute approximate surface area is 266 Å². The number of benzene rings is 3. The number of anilines is 2. The van der Waals surface area contributed by atoms with Crippen molar-refractivity contribution in [1.82, 2.24) is 14.8 Å². The molecule has 1 atom stereocenters. The predicted molar refractivity (Wildman–Crippen MR) is 171 cm³/mol. The molecule has 5 rings (SSSR count). The molecule has 4 aromatic rings. The zero-order valence-corrected chi connectivity index (χ0v) is 25.5. The highest BCUT2D eigenvalue weighted by Gasteiger charge is 2.33. The van der Waals surface area contributed by atoms with Crippen molar-refractivity contribution in [2.45, 2.75) is 12.6 Å². The number of hydrogen-bond acceptors (Lipinski definition) is 7. The molecule has 1 aliphatic heterocycles. The molecule has 5 N–H and O–H groups in total. The molecule has 0 aliphatic carbocycles. The van der Waals surface area contributed by atoms with Gasteiger partial charge in [0.05, 0.1) is 28.8 Å². The van der Waals surface area contributed by atoms with E-state index in [1.807, 2.05) is 65.6 Å². The van der Waals surface area contributed by atoms with Gasteiger partial charge in [-0.05, 0) is 12.1 Å². The predicted octanol–water partition coefficient (Wildman–Crippen LogP) is 5.35. The van der Waals surface area contributed by atoms with Crippen molar-refractivity contribution in [3.63, 3.8) is 0 Å². The molecule has 9 nitrogen and oxygen atoms in total. The number of carbonyl (C=O) groups excluding carboxylic acids is 2. The molecule has 0 spiro atoms. The molecule has 2 heterocycles. The quantitative estimate of drug-likeness (QED) is 0.219. The summed E-state index contributed by atoms with van der Waals surface area (Å²) in [5.74, 6) is 0.313. The summed E-state index contributed by atoms with van der Waals surface area (Å²) in [5, 5.41) is 3.17. The van der Waals surface area contributed by atoms with Gasteiger partial charge in [-0.3, -0.25) is 19.4 Å². The van der Waals surface area contributed by atoms with E-state index in [1.165, 1.54) is 12.1 Å². The van der Waals surface area contributed by atoms with Gasteiger partial charge in [0.25, 0.3) is 0 Å². The molecular formula is C29H30Cl4N6O3. The SMILES string of the molecule is Cl.Cl.NC(=O)[C@@H]1CN(Cc2nc(-c3ccccc3)c(-c3ccccc3)o2)CCN1CC(=O)Nc1c(Cl)cc(N)cc1Cl. The van der Waals surface area contributed by atoms with Crippen molar-refractivity contribution >= 4 is 71.2 Å². The van der Waals surface area contributed by atoms with Gasteiger partial charge in [-0.1, -0.05) is 83.9 Å². The first kappa shape index (κ1) is 33.2. The van der Waals surface area contributed by atoms with E-state index in [2.05, 4.69) is 5.32 Å². The first-order valence-corrected chi connectivity index (χ1v) is 13.4. The van der Waals surface area contributed by atoms with Gasteiger partial charge in [0, 0.05) is 36.4 Å². The third kappa shape index (κ3) is 7.74. The lowest BCUT2D eigenvalue weighted by atomic mass is 10.1. The van der Waals surface area contributed by atoms with Gasteiger partial charge in [-0.2, -0.15) is 0 Å². The molecule has 1 aromatic heterocycles. The second-order valence-electron chi connectivity index (χ2n) is 9.55. The number of nitrogens with two attached hydrogens (primary N) is 2. The van der Waals surface area contributed by atoms with Crippen LogP contribution < -0.4 is 16.8 Å². The maximum atomic E-state index is 12.8. The lowest BCUT2D eigenvalue weighted by molar-refractivity contribution is -0.128. The lowest BCUT2D eigenvalue weighted by Gasteiger charge is -2.39. The average molecular weight is 652 g/mol. The van der Waals surface area contributed by atoms with Gasteiger partial charge < -0.3 is 21.2 Å². The van der Waals surface area contributed by atoms with Crippen molar-refractivity contribution in [3.8, 4) is 22.6 Å². The second kappa shape index (κ2) is 14.7. The van der Waals surface area contributed by atoms with Crippen molar-refractivity contribution in [3.05, 3.63) is 88.7 Å². The Morgan fingerprint density at radius 3 is 2.14 bits per heavy atom. The van der Waals surface area contributed by atoms with E-state index < -0.39 is 11.9 Å². The van der Waals surface area contributed by atoms with Crippen molar-refractivity contribution in [2.75, 3.05) is 37.2 Å². The maximum absolute atomic E-state index is 12.8. The van der Waals surface area contributed by atoms with Gasteiger partial charge in [-0.25, -0.2) is 4.98 Å².